The van der Waals surface area contributed by atoms with E-state index in [4.69, 9.17) is 24.9 Å². The summed E-state index contributed by atoms with van der Waals surface area (Å²) >= 11 is 0. The van der Waals surface area contributed by atoms with E-state index >= 15 is 0 Å². The van der Waals surface area contributed by atoms with Gasteiger partial charge in [-0.3, -0.25) is 30.3 Å². The molecule has 0 aliphatic carbocycles. The van der Waals surface area contributed by atoms with Crippen LogP contribution < -0.4 is 19.9 Å². The van der Waals surface area contributed by atoms with E-state index in [2.05, 4.69) is 6.07 Å². The van der Waals surface area contributed by atoms with Gasteiger partial charge in [-0.1, -0.05) is 72.8 Å². The van der Waals surface area contributed by atoms with Crippen molar-refractivity contribution in [3.05, 3.63) is 371 Å². The minimum absolute atomic E-state index is 0. The molecule has 7 aromatic carbocycles. The first-order valence-electron chi connectivity index (χ1n) is 25.3. The number of phenolic OH excluding ortho intramolecular Hbond substituents is 3. The molecule has 0 spiro atoms. The van der Waals surface area contributed by atoms with Crippen molar-refractivity contribution in [2.24, 2.45) is 0 Å². The van der Waals surface area contributed by atoms with Crippen LogP contribution >= 0.6 is 0 Å². The van der Waals surface area contributed by atoms with Gasteiger partial charge < -0.3 is 40.7 Å². The number of hydrogen-bond acceptors (Lipinski definition) is 10. The maximum absolute atomic E-state index is 10.2. The quantitative estimate of drug-likeness (QED) is 0.0440. The summed E-state index contributed by atoms with van der Waals surface area (Å²) in [6, 6.07) is 72.8. The van der Waals surface area contributed by atoms with Crippen LogP contribution in [0.25, 0.3) is 10.9 Å². The van der Waals surface area contributed by atoms with Crippen molar-refractivity contribution in [2.75, 3.05) is 0 Å². The van der Waals surface area contributed by atoms with Crippen molar-refractivity contribution in [3.63, 3.8) is 0 Å². The predicted molar refractivity (Wildman–Crippen MR) is 311 cm³/mol. The molecule has 0 amide bonds. The summed E-state index contributed by atoms with van der Waals surface area (Å²) < 4.78 is 0. The number of non-ortho nitro benzene ring substituents is 3. The third-order valence-electron chi connectivity index (χ3n) is 12.8. The molecule has 6 heterocycles. The molecule has 18 nitrogen and oxygen atoms in total. The van der Waals surface area contributed by atoms with Crippen molar-refractivity contribution < 1.29 is 55.0 Å². The fourth-order valence-electron chi connectivity index (χ4n) is 8.98. The van der Waals surface area contributed by atoms with Crippen LogP contribution in [0.4, 0.5) is 17.1 Å². The number of benzene rings is 7. The third kappa shape index (κ3) is 13.7. The molecule has 0 unspecified atom stereocenters. The van der Waals surface area contributed by atoms with Crippen LogP contribution in [0.1, 0.15) is 67.9 Å². The number of pyridine rings is 1. The molecule has 1 aliphatic heterocycles. The van der Waals surface area contributed by atoms with E-state index in [0.29, 0.717) is 45.6 Å². The number of nitro benzene ring substituents is 3. The van der Waals surface area contributed by atoms with Gasteiger partial charge in [-0.15, -0.1) is 0 Å². The van der Waals surface area contributed by atoms with Crippen molar-refractivity contribution in [3.8, 4) is 17.2 Å². The van der Waals surface area contributed by atoms with Crippen molar-refractivity contribution in [1.29, 1.82) is 0 Å². The number of hydrogen-bond donors (Lipinski definition) is 3. The summed E-state index contributed by atoms with van der Waals surface area (Å²) in [4.78, 5) is 54.9. The van der Waals surface area contributed by atoms with E-state index in [9.17, 15) is 45.7 Å². The zero-order valence-corrected chi connectivity index (χ0v) is 47.3. The Balaban J connectivity index is 0.000000260. The number of fused-ring (bicyclic) bond motifs is 9. The van der Waals surface area contributed by atoms with Crippen molar-refractivity contribution >= 4 is 28.0 Å². The molecular weight excluding hydrogens is 1120 g/mol. The van der Waals surface area contributed by atoms with Crippen molar-refractivity contribution in [1.82, 2.24) is 24.9 Å². The molecule has 6 N–H and O–H groups in total. The number of rotatable bonds is 7. The topological polar surface area (TPSA) is 292 Å². The van der Waals surface area contributed by atoms with Gasteiger partial charge >= 0.3 is 0 Å². The molecule has 84 heavy (non-hydrogen) atoms. The molecule has 1 aliphatic rings. The average Bonchev–Trinajstić information content (AvgIpc) is 2.82. The summed E-state index contributed by atoms with van der Waals surface area (Å²) in [7, 11) is 0. The van der Waals surface area contributed by atoms with Gasteiger partial charge in [-0.05, 0) is 57.7 Å². The second-order valence-corrected chi connectivity index (χ2v) is 18.2. The van der Waals surface area contributed by atoms with Gasteiger partial charge in [0.2, 0.25) is 0 Å². The zero-order chi connectivity index (χ0) is 57.1. The molecule has 0 saturated carbocycles. The first kappa shape index (κ1) is 58.9. The standard InChI is InChI=1S/C47H29N5O3.3C6H5NO2.H2O.Zn/c53-31-12-5-28(6-13-31)44-35-19-21-37(49-35)45(29-7-14-32(54)15-8-29)39-23-25-42(51-39)47(41-18-11-27-3-1-2-4-34(27)48-41)43-26-24-40(52-43)46(38-22-20-36(44)50-38)30-9-16-33(55)17-10-30;3*8-7(9)6-4-2-1-3-5-6;;/h1-26,53-55H;3*1-5H;1H2;/p+1. The molecule has 5 aromatic heterocycles. The summed E-state index contributed by atoms with van der Waals surface area (Å²) in [5, 5.41) is 61.7. The van der Waals surface area contributed by atoms with Crippen LogP contribution in [0.5, 0.6) is 17.2 Å². The SMILES string of the molecule is O=[N+]([O-])c1ccccc1.O=[N+]([O-])c1ccccc1.O=[N+]([O-])c1ccccc1.Oc1ccc([C+]2c3ccc([n-]3)[C+](c3ccc(O)cc3)c3ccc([n-]3)[C+](c3ccc4ccccc4n3)c3ccc([n-]3)[C+](c3ccc(O)cc3)c3ccc2[n-]3)cc1.[OH3+].[Zn]. The van der Waals surface area contributed by atoms with Gasteiger partial charge in [0, 0.05) is 206 Å². The van der Waals surface area contributed by atoms with Crippen LogP contribution in [0.2, 0.25) is 0 Å². The van der Waals surface area contributed by atoms with Crippen LogP contribution in [-0.4, -0.2) is 35.1 Å². The van der Waals surface area contributed by atoms with Crippen LogP contribution in [-0.2, 0) is 25.0 Å². The van der Waals surface area contributed by atoms with E-state index in [-0.39, 0.29) is 59.3 Å². The fourth-order valence-corrected chi connectivity index (χ4v) is 8.98. The van der Waals surface area contributed by atoms with Gasteiger partial charge in [-0.2, -0.15) is 0 Å². The first-order valence-corrected chi connectivity index (χ1v) is 25.3. The van der Waals surface area contributed by atoms with Crippen molar-refractivity contribution in [2.45, 2.75) is 0 Å². The van der Waals surface area contributed by atoms with Gasteiger partial charge in [0.15, 0.2) is 5.69 Å². The van der Waals surface area contributed by atoms with E-state index in [0.717, 1.165) is 57.0 Å². The van der Waals surface area contributed by atoms with E-state index in [1.54, 1.807) is 91.0 Å². The first-order chi connectivity index (χ1) is 39.9. The molecule has 0 saturated heterocycles. The minimum Gasteiger partial charge on any atom is -0.628 e. The average molecular weight is 1170 g/mol. The van der Waals surface area contributed by atoms with Gasteiger partial charge in [0.1, 0.15) is 17.2 Å². The predicted octanol–water partition coefficient (Wildman–Crippen LogP) is 11.4. The number of nitro groups is 3. The Morgan fingerprint density at radius 2 is 0.583 bits per heavy atom. The normalized spacial score (nSPS) is 11.2. The summed E-state index contributed by atoms with van der Waals surface area (Å²) in [5.41, 5.74) is 10.0. The number of nitrogens with zero attached hydrogens (tertiary/aromatic N) is 8. The molecule has 408 valence electrons. The number of aromatic nitrogens is 5. The van der Waals surface area contributed by atoms with Gasteiger partial charge in [0.05, 0.1) is 42.9 Å². The second-order valence-electron chi connectivity index (χ2n) is 18.2. The van der Waals surface area contributed by atoms with E-state index in [1.165, 1.54) is 36.4 Å². The maximum atomic E-state index is 10.2. The van der Waals surface area contributed by atoms with E-state index in [1.807, 2.05) is 115 Å². The molecule has 13 rings (SSSR count). The Labute approximate surface area is 493 Å². The Morgan fingerprint density at radius 1 is 0.321 bits per heavy atom. The molecule has 19 heteroatoms. The molecule has 0 fully saturated rings. The smallest absolute Gasteiger partial charge is 0.269 e. The fraction of sp³-hybridized carbons (Fsp3) is 0. The zero-order valence-electron chi connectivity index (χ0n) is 44.3. The Hall–Kier alpha value is -11.3. The second kappa shape index (κ2) is 26.8. The summed E-state index contributed by atoms with van der Waals surface area (Å²) in [5.74, 6) is 3.59. The summed E-state index contributed by atoms with van der Waals surface area (Å²) in [6.07, 6.45) is 0. The Morgan fingerprint density at radius 3 is 0.857 bits per heavy atom. The molecule has 0 radical (unpaired) electrons. The number of phenols is 3. The summed E-state index contributed by atoms with van der Waals surface area (Å²) in [6.45, 7) is 0. The van der Waals surface area contributed by atoms with Crippen LogP contribution in [0.15, 0.2) is 249 Å². The van der Waals surface area contributed by atoms with Crippen LogP contribution in [0, 0.1) is 54.0 Å². The molecule has 0 atom stereocenters. The number of aromatic hydroxyl groups is 3. The maximum Gasteiger partial charge on any atom is 0.269 e. The van der Waals surface area contributed by atoms with Gasteiger partial charge in [-0.25, -0.2) is 4.98 Å². The van der Waals surface area contributed by atoms with Crippen LogP contribution in [0.3, 0.4) is 0 Å². The van der Waals surface area contributed by atoms with Gasteiger partial charge in [0.25, 0.3) is 17.1 Å². The molecule has 8 bridgehead atoms. The Kier molecular flexibility index (Phi) is 18.8. The monoisotopic (exact) mass is 1160 g/mol. The largest absolute Gasteiger partial charge is 0.628 e. The third-order valence-corrected chi connectivity index (χ3v) is 12.8. The molecular formula is C65H47N8O10Zn+. The Bertz CT molecular complexity index is 3850. The molecule has 12 aromatic rings. The minimum atomic E-state index is -0.417. The van der Waals surface area contributed by atoms with E-state index < -0.39 is 14.8 Å². The number of para-hydroxylation sites is 4.